The number of hydrogen-bond acceptors (Lipinski definition) is 0. The topological polar surface area (TPSA) is 0 Å². The Morgan fingerprint density at radius 1 is 0.510 bits per heavy atom. The first kappa shape index (κ1) is 37.7. The molecule has 51 heavy (non-hydrogen) atoms. The average Bonchev–Trinajstić information content (AvgIpc) is 3.69. The van der Waals surface area contributed by atoms with Crippen LogP contribution in [0.1, 0.15) is 38.9 Å². The molecule has 0 unspecified atom stereocenters. The summed E-state index contributed by atoms with van der Waals surface area (Å²) in [7, 11) is 16.0. The summed E-state index contributed by atoms with van der Waals surface area (Å²) >= 11 is -0.826. The van der Waals surface area contributed by atoms with Gasteiger partial charge in [-0.05, 0) is 37.5 Å². The van der Waals surface area contributed by atoms with Gasteiger partial charge in [0, 0.05) is 15.3 Å². The van der Waals surface area contributed by atoms with Gasteiger partial charge < -0.3 is 0 Å². The van der Waals surface area contributed by atoms with Crippen LogP contribution in [-0.4, -0.2) is 33.0 Å². The van der Waals surface area contributed by atoms with Crippen molar-refractivity contribution in [1.82, 2.24) is 0 Å². The summed E-state index contributed by atoms with van der Waals surface area (Å²) in [6, 6.07) is 58.6. The van der Waals surface area contributed by atoms with E-state index in [4.69, 9.17) is 17.0 Å². The van der Waals surface area contributed by atoms with Crippen molar-refractivity contribution in [2.45, 2.75) is 30.5 Å². The molecule has 8 rings (SSSR count). The Morgan fingerprint density at radius 2 is 0.922 bits per heavy atom. The molecule has 6 aromatic rings. The minimum Gasteiger partial charge on any atom is -0.210 e. The smallest absolute Gasteiger partial charge is 0.00365 e. The first-order chi connectivity index (χ1) is 24.7. The second-order valence-electron chi connectivity index (χ2n) is 13.8. The van der Waals surface area contributed by atoms with Crippen molar-refractivity contribution >= 4 is 55.2 Å². The molecule has 0 amide bonds. The number of hydrogen-bond donors (Lipinski definition) is 0. The van der Waals surface area contributed by atoms with Gasteiger partial charge in [0.25, 0.3) is 0 Å². The average molecular weight is 825 g/mol. The predicted octanol–water partition coefficient (Wildman–Crippen LogP) is 9.99. The second-order valence-corrected chi connectivity index (χ2v) is 23.6. The van der Waals surface area contributed by atoms with Crippen molar-refractivity contribution in [1.29, 1.82) is 0 Å². The van der Waals surface area contributed by atoms with Crippen LogP contribution in [0, 0.1) is 17.7 Å². The summed E-state index contributed by atoms with van der Waals surface area (Å²) in [5.41, 5.74) is 8.81. The van der Waals surface area contributed by atoms with Gasteiger partial charge in [-0.2, -0.15) is 23.6 Å². The SMILES string of the molecule is C[Si](C)(C)C1=c2c(cccc2=[Si])[CH-]C1(c1ccccc1)c1ccccc1.[Cl][Zr+2][Cl].[Si]=C1[CH-]C(c2ccccc2)(c2ccccc2)c2ccccc21. The fourth-order valence-electron chi connectivity index (χ4n) is 7.94. The zero-order valence-electron chi connectivity index (χ0n) is 29.0. The molecular formula is C45H38Cl2Si3Zr. The molecule has 0 heterocycles. The molecule has 2 aliphatic carbocycles. The van der Waals surface area contributed by atoms with Crippen LogP contribution in [0.5, 0.6) is 0 Å². The molecule has 0 atom stereocenters. The summed E-state index contributed by atoms with van der Waals surface area (Å²) in [5.74, 6) is 0. The summed E-state index contributed by atoms with van der Waals surface area (Å²) < 4.78 is 0. The van der Waals surface area contributed by atoms with Gasteiger partial charge in [0.05, 0.1) is 8.07 Å². The number of rotatable bonds is 5. The quantitative estimate of drug-likeness (QED) is 0.120. The van der Waals surface area contributed by atoms with Crippen LogP contribution in [0.15, 0.2) is 164 Å². The maximum Gasteiger partial charge on any atom is -0.00365 e. The van der Waals surface area contributed by atoms with Crippen LogP contribution in [-0.2, 0) is 31.7 Å². The van der Waals surface area contributed by atoms with Gasteiger partial charge >= 0.3 is 37.9 Å². The fraction of sp³-hybridized carbons (Fsp3) is 0.111. The minimum absolute atomic E-state index is 0.196. The first-order valence-electron chi connectivity index (χ1n) is 17.0. The van der Waals surface area contributed by atoms with E-state index in [2.05, 4.69) is 216 Å². The van der Waals surface area contributed by atoms with Crippen molar-refractivity contribution in [2.75, 3.05) is 0 Å². The van der Waals surface area contributed by atoms with Gasteiger partial charge in [0.2, 0.25) is 0 Å². The Kier molecular flexibility index (Phi) is 12.0. The van der Waals surface area contributed by atoms with Crippen molar-refractivity contribution < 1.29 is 20.8 Å². The van der Waals surface area contributed by atoms with Gasteiger partial charge in [-0.1, -0.05) is 170 Å². The van der Waals surface area contributed by atoms with E-state index >= 15 is 0 Å². The van der Waals surface area contributed by atoms with Crippen molar-refractivity contribution in [2.24, 2.45) is 0 Å². The standard InChI is InChI=1S/C24H23Si2.C21H15Si.2ClH.Zr/c1-26(2,3)23-22-18(11-10-16-21(22)25)17-24(23,19-12-6-4-7-13-19)20-14-8-5-9-15-20;22-20-15-21(16-9-3-1-4-10-16,17-11-5-2-6-12-17)19-14-8-7-13-18(19)20;;;/h4-17H,1-3H3;1-15H;2*1H;/q2*-1;;;+4/p-2. The molecule has 0 N–H and O–H groups in total. The molecule has 6 heteroatoms. The molecule has 0 aliphatic heterocycles. The third kappa shape index (κ3) is 7.29. The predicted molar refractivity (Wildman–Crippen MR) is 220 cm³/mol. The second kappa shape index (κ2) is 16.3. The molecule has 2 aliphatic rings. The maximum absolute atomic E-state index is 4.93. The van der Waals surface area contributed by atoms with Gasteiger partial charge in [-0.15, -0.1) is 28.1 Å². The van der Waals surface area contributed by atoms with E-state index in [9.17, 15) is 0 Å². The Balaban J connectivity index is 0.000000165. The van der Waals surface area contributed by atoms with E-state index < -0.39 is 28.9 Å². The van der Waals surface area contributed by atoms with E-state index in [0.29, 0.717) is 0 Å². The first-order valence-corrected chi connectivity index (χ1v) is 27.8. The summed E-state index contributed by atoms with van der Waals surface area (Å²) in [4.78, 5) is 1.20. The van der Waals surface area contributed by atoms with Crippen LogP contribution in [0.3, 0.4) is 0 Å². The van der Waals surface area contributed by atoms with Crippen LogP contribution >= 0.6 is 17.0 Å². The van der Waals surface area contributed by atoms with Gasteiger partial charge in [0.1, 0.15) is 0 Å². The van der Waals surface area contributed by atoms with Crippen LogP contribution in [0.4, 0.5) is 0 Å². The normalized spacial score (nSPS) is 14.6. The van der Waals surface area contributed by atoms with E-state index in [0.717, 1.165) is 5.17 Å². The summed E-state index contributed by atoms with van der Waals surface area (Å²) in [5, 5.41) is 4.14. The van der Waals surface area contributed by atoms with Crippen LogP contribution < -0.4 is 5.22 Å². The zero-order chi connectivity index (χ0) is 36.1. The monoisotopic (exact) mass is 822 g/mol. The van der Waals surface area contributed by atoms with Crippen molar-refractivity contribution in [3.05, 3.63) is 226 Å². The third-order valence-electron chi connectivity index (χ3n) is 9.78. The van der Waals surface area contributed by atoms with E-state index in [1.807, 2.05) is 0 Å². The Bertz CT molecular complexity index is 2140. The Labute approximate surface area is 329 Å². The van der Waals surface area contributed by atoms with Crippen LogP contribution in [0.2, 0.25) is 19.6 Å². The molecule has 248 valence electrons. The Hall–Kier alpha value is -3.09. The number of benzene rings is 6. The van der Waals surface area contributed by atoms with E-state index in [1.165, 1.54) is 49.0 Å². The summed E-state index contributed by atoms with van der Waals surface area (Å²) in [6.45, 7) is 7.39. The number of halogens is 2. The van der Waals surface area contributed by atoms with Gasteiger partial charge in [0.15, 0.2) is 0 Å². The van der Waals surface area contributed by atoms with E-state index in [1.54, 1.807) is 5.20 Å². The fourth-order valence-corrected chi connectivity index (χ4v) is 11.4. The maximum atomic E-state index is 4.93. The molecule has 6 aromatic carbocycles. The molecule has 0 spiro atoms. The van der Waals surface area contributed by atoms with Gasteiger partial charge in [-0.3, -0.25) is 0 Å². The molecule has 0 saturated carbocycles. The van der Waals surface area contributed by atoms with Gasteiger partial charge in [-0.25, -0.2) is 11.6 Å². The molecule has 4 radical (unpaired) electrons. The largest absolute Gasteiger partial charge is 0.210 e. The van der Waals surface area contributed by atoms with Crippen LogP contribution in [0.25, 0.3) is 5.20 Å². The molecular weight excluding hydrogens is 787 g/mol. The summed E-state index contributed by atoms with van der Waals surface area (Å²) in [6.07, 6.45) is 4.82. The third-order valence-corrected chi connectivity index (χ3v) is 12.8. The minimum atomic E-state index is -1.65. The zero-order valence-corrected chi connectivity index (χ0v) is 36.0. The Morgan fingerprint density at radius 3 is 1.37 bits per heavy atom. The van der Waals surface area contributed by atoms with E-state index in [-0.39, 0.29) is 10.8 Å². The van der Waals surface area contributed by atoms with Crippen molar-refractivity contribution in [3.8, 4) is 0 Å². The number of fused-ring (bicyclic) bond motifs is 2. The molecule has 0 nitrogen and oxygen atoms in total. The molecule has 0 aromatic heterocycles. The molecule has 0 saturated heterocycles. The molecule has 0 fully saturated rings. The van der Waals surface area contributed by atoms with Crippen molar-refractivity contribution in [3.63, 3.8) is 0 Å². The molecule has 0 bridgehead atoms.